The van der Waals surface area contributed by atoms with Crippen molar-refractivity contribution in [2.24, 2.45) is 0 Å². The van der Waals surface area contributed by atoms with Crippen molar-refractivity contribution < 1.29 is 27.9 Å². The van der Waals surface area contributed by atoms with Gasteiger partial charge in [0.1, 0.15) is 0 Å². The number of alkyl halides is 3. The van der Waals surface area contributed by atoms with Crippen molar-refractivity contribution in [1.29, 1.82) is 0 Å². The second-order valence-electron chi connectivity index (χ2n) is 6.09. The Kier molecular flexibility index (Phi) is 4.71. The molecular weight excluding hydrogens is 351 g/mol. The molecule has 0 spiro atoms. The van der Waals surface area contributed by atoms with E-state index in [0.717, 1.165) is 6.07 Å². The first-order valence-corrected chi connectivity index (χ1v) is 8.00. The molecule has 0 aliphatic carbocycles. The summed E-state index contributed by atoms with van der Waals surface area (Å²) in [5, 5.41) is 12.6. The quantitative estimate of drug-likeness (QED) is 0.905. The van der Waals surface area contributed by atoms with Crippen LogP contribution in [0, 0.1) is 0 Å². The van der Waals surface area contributed by atoms with Crippen molar-refractivity contribution in [3.8, 4) is 0 Å². The minimum Gasteiger partial charge on any atom is -0.478 e. The number of rotatable bonds is 3. The van der Waals surface area contributed by atoms with E-state index in [1.54, 1.807) is 11.0 Å². The highest BCUT2D eigenvalue weighted by molar-refractivity contribution is 5.97. The van der Waals surface area contributed by atoms with E-state index in [4.69, 9.17) is 5.11 Å². The Labute approximate surface area is 146 Å². The number of benzene rings is 1. The normalized spacial score (nSPS) is 15.9. The third kappa shape index (κ3) is 3.71. The van der Waals surface area contributed by atoms with Crippen LogP contribution in [0.25, 0.3) is 0 Å². The second kappa shape index (κ2) is 6.81. The Bertz CT molecular complexity index is 824. The van der Waals surface area contributed by atoms with E-state index in [2.05, 4.69) is 5.10 Å². The number of nitrogens with zero attached hydrogens (tertiary/aromatic N) is 3. The van der Waals surface area contributed by atoms with Crippen molar-refractivity contribution in [2.75, 3.05) is 13.1 Å². The van der Waals surface area contributed by atoms with Gasteiger partial charge in [0.2, 0.25) is 0 Å². The number of carbonyl (C=O) groups excluding carboxylic acids is 1. The summed E-state index contributed by atoms with van der Waals surface area (Å²) in [4.78, 5) is 25.1. The van der Waals surface area contributed by atoms with Gasteiger partial charge in [0.05, 0.1) is 11.6 Å². The molecule has 3 rings (SSSR count). The summed E-state index contributed by atoms with van der Waals surface area (Å²) in [5.74, 6) is -1.40. The maximum atomic E-state index is 12.6. The number of hydrogen-bond donors (Lipinski definition) is 1. The fourth-order valence-corrected chi connectivity index (χ4v) is 2.99. The molecule has 26 heavy (non-hydrogen) atoms. The summed E-state index contributed by atoms with van der Waals surface area (Å²) >= 11 is 0. The van der Waals surface area contributed by atoms with Crippen molar-refractivity contribution in [3.05, 3.63) is 53.3 Å². The van der Waals surface area contributed by atoms with Crippen LogP contribution >= 0.6 is 0 Å². The third-order valence-electron chi connectivity index (χ3n) is 4.38. The topological polar surface area (TPSA) is 75.4 Å². The molecule has 1 aliphatic rings. The highest BCUT2D eigenvalue weighted by Crippen LogP contribution is 2.29. The van der Waals surface area contributed by atoms with Crippen molar-refractivity contribution in [2.45, 2.75) is 25.1 Å². The number of aromatic nitrogens is 2. The number of likely N-dealkylation sites (tertiary alicyclic amines) is 1. The molecular formula is C17H16F3N3O3. The number of piperidine rings is 1. The van der Waals surface area contributed by atoms with Gasteiger partial charge in [-0.15, -0.1) is 0 Å². The predicted octanol–water partition coefficient (Wildman–Crippen LogP) is 3.08. The molecule has 0 unspecified atom stereocenters. The van der Waals surface area contributed by atoms with Crippen LogP contribution in [-0.2, 0) is 6.18 Å². The lowest BCUT2D eigenvalue weighted by Crippen LogP contribution is -2.39. The largest absolute Gasteiger partial charge is 0.478 e. The zero-order valence-electron chi connectivity index (χ0n) is 13.6. The van der Waals surface area contributed by atoms with Crippen LogP contribution in [0.5, 0.6) is 0 Å². The predicted molar refractivity (Wildman–Crippen MR) is 84.8 cm³/mol. The van der Waals surface area contributed by atoms with Gasteiger partial charge in [-0.1, -0.05) is 6.07 Å². The SMILES string of the molecule is O=C(O)c1cccc(C(=O)N2CCC(n3ccc(C(F)(F)F)n3)CC2)c1. The summed E-state index contributed by atoms with van der Waals surface area (Å²) in [6, 6.07) is 6.51. The van der Waals surface area contributed by atoms with Crippen molar-refractivity contribution in [1.82, 2.24) is 14.7 Å². The molecule has 1 aromatic carbocycles. The summed E-state index contributed by atoms with van der Waals surface area (Å²) in [6.45, 7) is 0.726. The molecule has 0 bridgehead atoms. The molecule has 0 atom stereocenters. The van der Waals surface area contributed by atoms with Gasteiger partial charge in [-0.25, -0.2) is 4.79 Å². The van der Waals surface area contributed by atoms with Crippen LogP contribution in [0.4, 0.5) is 13.2 Å². The molecule has 9 heteroatoms. The molecule has 1 N–H and O–H groups in total. The second-order valence-corrected chi connectivity index (χ2v) is 6.09. The van der Waals surface area contributed by atoms with Crippen molar-refractivity contribution in [3.63, 3.8) is 0 Å². The van der Waals surface area contributed by atoms with Gasteiger partial charge in [0, 0.05) is 24.8 Å². The number of aromatic carboxylic acids is 1. The molecule has 1 fully saturated rings. The molecule has 6 nitrogen and oxygen atoms in total. The Hall–Kier alpha value is -2.84. The Balaban J connectivity index is 1.65. The van der Waals surface area contributed by atoms with E-state index in [9.17, 15) is 22.8 Å². The Morgan fingerprint density at radius 2 is 1.77 bits per heavy atom. The van der Waals surface area contributed by atoms with Crippen LogP contribution in [0.15, 0.2) is 36.5 Å². The highest BCUT2D eigenvalue weighted by atomic mass is 19.4. The van der Waals surface area contributed by atoms with Gasteiger partial charge in [-0.3, -0.25) is 9.48 Å². The van der Waals surface area contributed by atoms with Gasteiger partial charge in [-0.2, -0.15) is 18.3 Å². The molecule has 0 saturated carbocycles. The van der Waals surface area contributed by atoms with E-state index in [-0.39, 0.29) is 23.1 Å². The summed E-state index contributed by atoms with van der Waals surface area (Å²) < 4.78 is 39.2. The Morgan fingerprint density at radius 1 is 1.12 bits per heavy atom. The van der Waals surface area contributed by atoms with Crippen LogP contribution < -0.4 is 0 Å². The number of hydrogen-bond acceptors (Lipinski definition) is 3. The van der Waals surface area contributed by atoms with E-state index in [1.165, 1.54) is 29.1 Å². The van der Waals surface area contributed by atoms with Gasteiger partial charge >= 0.3 is 12.1 Å². The smallest absolute Gasteiger partial charge is 0.435 e. The maximum Gasteiger partial charge on any atom is 0.435 e. The number of halogens is 3. The minimum absolute atomic E-state index is 0.0296. The molecule has 1 aliphatic heterocycles. The molecule has 1 saturated heterocycles. The van der Waals surface area contributed by atoms with E-state index in [0.29, 0.717) is 25.9 Å². The lowest BCUT2D eigenvalue weighted by molar-refractivity contribution is -0.141. The van der Waals surface area contributed by atoms with Crippen LogP contribution in [0.2, 0.25) is 0 Å². The van der Waals surface area contributed by atoms with E-state index >= 15 is 0 Å². The number of carboxylic acid groups (broad SMARTS) is 1. The molecule has 2 heterocycles. The van der Waals surface area contributed by atoms with Gasteiger partial charge < -0.3 is 10.0 Å². The molecule has 138 valence electrons. The van der Waals surface area contributed by atoms with Crippen LogP contribution in [0.1, 0.15) is 45.3 Å². The molecule has 0 radical (unpaired) electrons. The first-order valence-electron chi connectivity index (χ1n) is 8.00. The lowest BCUT2D eigenvalue weighted by atomic mass is 10.0. The average Bonchev–Trinajstić information content (AvgIpc) is 3.12. The third-order valence-corrected chi connectivity index (χ3v) is 4.38. The summed E-state index contributed by atoms with van der Waals surface area (Å²) in [6.07, 6.45) is -2.22. The van der Waals surface area contributed by atoms with Gasteiger partial charge in [0.25, 0.3) is 5.91 Å². The summed E-state index contributed by atoms with van der Waals surface area (Å²) in [5.41, 5.74) is -0.620. The molecule has 2 aromatic rings. The number of amides is 1. The van der Waals surface area contributed by atoms with Gasteiger partial charge in [-0.05, 0) is 37.1 Å². The van der Waals surface area contributed by atoms with Crippen LogP contribution in [-0.4, -0.2) is 44.8 Å². The zero-order valence-corrected chi connectivity index (χ0v) is 13.6. The lowest BCUT2D eigenvalue weighted by Gasteiger charge is -2.32. The molecule has 1 amide bonds. The maximum absolute atomic E-state index is 12.6. The first kappa shape index (κ1) is 18.0. The molecule has 1 aromatic heterocycles. The fraction of sp³-hybridized carbons (Fsp3) is 0.353. The minimum atomic E-state index is -4.48. The highest BCUT2D eigenvalue weighted by Gasteiger charge is 2.34. The summed E-state index contributed by atoms with van der Waals surface area (Å²) in [7, 11) is 0. The fourth-order valence-electron chi connectivity index (χ4n) is 2.99. The average molecular weight is 367 g/mol. The number of carboxylic acids is 1. The van der Waals surface area contributed by atoms with E-state index < -0.39 is 17.8 Å². The van der Waals surface area contributed by atoms with Gasteiger partial charge in [0.15, 0.2) is 5.69 Å². The van der Waals surface area contributed by atoms with Crippen LogP contribution in [0.3, 0.4) is 0 Å². The number of carbonyl (C=O) groups is 2. The van der Waals surface area contributed by atoms with E-state index in [1.807, 2.05) is 0 Å². The Morgan fingerprint density at radius 3 is 2.35 bits per heavy atom. The standard InChI is InChI=1S/C17H16F3N3O3/c18-17(19,20)14-6-9-23(21-14)13-4-7-22(8-5-13)15(24)11-2-1-3-12(10-11)16(25)26/h1-3,6,9-10,13H,4-5,7-8H2,(H,25,26). The monoisotopic (exact) mass is 367 g/mol. The first-order chi connectivity index (χ1) is 12.3. The van der Waals surface area contributed by atoms with Crippen molar-refractivity contribution >= 4 is 11.9 Å². The zero-order chi connectivity index (χ0) is 18.9.